The van der Waals surface area contributed by atoms with Crippen molar-refractivity contribution in [3.63, 3.8) is 0 Å². The number of pyridine rings is 1. The molecule has 1 nitrogen and oxygen atoms in total. The third-order valence-electron chi connectivity index (χ3n) is 4.75. The Balaban J connectivity index is 1.97. The van der Waals surface area contributed by atoms with Crippen molar-refractivity contribution in [2.24, 2.45) is 5.41 Å². The molecule has 0 aliphatic carbocycles. The fourth-order valence-corrected chi connectivity index (χ4v) is 4.79. The minimum atomic E-state index is 0.286. The highest BCUT2D eigenvalue weighted by Gasteiger charge is 2.16. The van der Waals surface area contributed by atoms with E-state index in [-0.39, 0.29) is 5.41 Å². The van der Waals surface area contributed by atoms with Gasteiger partial charge in [-0.1, -0.05) is 38.0 Å². The van der Waals surface area contributed by atoms with Crippen molar-refractivity contribution in [1.29, 1.82) is 0 Å². The fraction of sp³-hybridized carbons (Fsp3) is 0.292. The summed E-state index contributed by atoms with van der Waals surface area (Å²) < 4.78 is 1.37. The molecule has 0 aliphatic heterocycles. The molecule has 0 unspecified atom stereocenters. The largest absolute Gasteiger partial charge is 0.256 e. The zero-order valence-corrected chi connectivity index (χ0v) is 17.0. The van der Waals surface area contributed by atoms with Gasteiger partial charge in [0.25, 0.3) is 0 Å². The van der Waals surface area contributed by atoms with Gasteiger partial charge in [-0.15, -0.1) is 11.3 Å². The lowest BCUT2D eigenvalue weighted by molar-refractivity contribution is 0.413. The molecule has 2 aromatic carbocycles. The van der Waals surface area contributed by atoms with Gasteiger partial charge in [-0.3, -0.25) is 4.98 Å². The summed E-state index contributed by atoms with van der Waals surface area (Å²) in [5.74, 6) is 0. The highest BCUT2D eigenvalue weighted by molar-refractivity contribution is 7.17. The normalized spacial score (nSPS) is 12.2. The maximum absolute atomic E-state index is 4.76. The molecule has 0 N–H and O–H groups in total. The van der Waals surface area contributed by atoms with Crippen LogP contribution in [0.5, 0.6) is 0 Å². The summed E-state index contributed by atoms with van der Waals surface area (Å²) in [7, 11) is 0. The molecule has 0 bridgehead atoms. The summed E-state index contributed by atoms with van der Waals surface area (Å²) in [5, 5.41) is 6.24. The quantitative estimate of drug-likeness (QED) is 0.365. The summed E-state index contributed by atoms with van der Waals surface area (Å²) in [6, 6.07) is 13.5. The van der Waals surface area contributed by atoms with E-state index in [9.17, 15) is 0 Å². The molecular weight excluding hydrogens is 334 g/mol. The topological polar surface area (TPSA) is 12.9 Å². The average molecular weight is 360 g/mol. The number of aryl methyl sites for hydroxylation is 2. The predicted octanol–water partition coefficient (Wildman–Crippen LogP) is 7.32. The predicted molar refractivity (Wildman–Crippen MR) is 115 cm³/mol. The van der Waals surface area contributed by atoms with Crippen molar-refractivity contribution in [1.82, 2.24) is 4.98 Å². The molecule has 0 aliphatic rings. The first-order valence-electron chi connectivity index (χ1n) is 9.18. The molecule has 0 saturated carbocycles. The summed E-state index contributed by atoms with van der Waals surface area (Å²) in [6.45, 7) is 11.2. The van der Waals surface area contributed by atoms with Gasteiger partial charge >= 0.3 is 0 Å². The molecule has 4 aromatic rings. The SMILES string of the molecule is Cc1cc(C)cc(-c2nccc3cc4scc(CC(C)(C)C)c4cc23)c1. The smallest absolute Gasteiger partial charge is 0.0780 e. The lowest BCUT2D eigenvalue weighted by Crippen LogP contribution is -2.08. The van der Waals surface area contributed by atoms with Crippen molar-refractivity contribution in [3.8, 4) is 11.3 Å². The number of rotatable bonds is 2. The molecule has 0 saturated heterocycles. The standard InChI is InChI=1S/C24H25NS/c1-15-8-16(2)10-18(9-15)23-21-12-20-19(13-24(3,4)5)14-26-22(20)11-17(21)6-7-25-23/h6-12,14H,13H2,1-5H3. The Morgan fingerprint density at radius 3 is 2.35 bits per heavy atom. The number of hydrogen-bond donors (Lipinski definition) is 0. The second-order valence-electron chi connectivity index (χ2n) is 8.60. The first-order valence-corrected chi connectivity index (χ1v) is 10.1. The summed E-state index contributed by atoms with van der Waals surface area (Å²) in [5.41, 5.74) is 6.60. The van der Waals surface area contributed by atoms with Crippen LogP contribution in [-0.4, -0.2) is 4.98 Å². The van der Waals surface area contributed by atoms with Gasteiger partial charge < -0.3 is 0 Å². The zero-order chi connectivity index (χ0) is 18.5. The Morgan fingerprint density at radius 2 is 1.65 bits per heavy atom. The lowest BCUT2D eigenvalue weighted by Gasteiger charge is -2.17. The molecule has 26 heavy (non-hydrogen) atoms. The van der Waals surface area contributed by atoms with E-state index in [1.807, 2.05) is 17.5 Å². The van der Waals surface area contributed by atoms with Crippen molar-refractivity contribution >= 4 is 32.2 Å². The number of benzene rings is 2. The van der Waals surface area contributed by atoms with Crippen LogP contribution in [0.15, 0.2) is 48.0 Å². The Morgan fingerprint density at radius 1 is 0.923 bits per heavy atom. The van der Waals surface area contributed by atoms with Gasteiger partial charge in [-0.25, -0.2) is 0 Å². The fourth-order valence-electron chi connectivity index (χ4n) is 3.80. The molecule has 2 aromatic heterocycles. The zero-order valence-electron chi connectivity index (χ0n) is 16.2. The van der Waals surface area contributed by atoms with Crippen LogP contribution < -0.4 is 0 Å². The third-order valence-corrected chi connectivity index (χ3v) is 5.75. The summed E-state index contributed by atoms with van der Waals surface area (Å²) in [6.07, 6.45) is 3.03. The Labute approximate surface area is 159 Å². The monoisotopic (exact) mass is 359 g/mol. The van der Waals surface area contributed by atoms with Crippen molar-refractivity contribution in [3.05, 3.63) is 64.7 Å². The lowest BCUT2D eigenvalue weighted by atomic mass is 9.87. The number of hydrogen-bond acceptors (Lipinski definition) is 2. The van der Waals surface area contributed by atoms with Crippen LogP contribution in [0, 0.1) is 19.3 Å². The Hall–Kier alpha value is -2.19. The van der Waals surface area contributed by atoms with E-state index in [0.29, 0.717) is 0 Å². The molecule has 4 rings (SSSR count). The number of nitrogens with zero attached hydrogens (tertiary/aromatic N) is 1. The third kappa shape index (κ3) is 3.26. The van der Waals surface area contributed by atoms with Gasteiger partial charge in [0.05, 0.1) is 5.69 Å². The van der Waals surface area contributed by atoms with E-state index in [2.05, 4.69) is 76.4 Å². The maximum Gasteiger partial charge on any atom is 0.0780 e. The van der Waals surface area contributed by atoms with Crippen LogP contribution in [0.4, 0.5) is 0 Å². The minimum Gasteiger partial charge on any atom is -0.256 e. The van der Waals surface area contributed by atoms with Gasteiger partial charge in [-0.2, -0.15) is 0 Å². The van der Waals surface area contributed by atoms with Gasteiger partial charge in [-0.05, 0) is 77.7 Å². The molecule has 0 atom stereocenters. The maximum atomic E-state index is 4.76. The van der Waals surface area contributed by atoms with Crippen molar-refractivity contribution in [2.45, 2.75) is 41.0 Å². The van der Waals surface area contributed by atoms with E-state index >= 15 is 0 Å². The first-order chi connectivity index (χ1) is 12.3. The highest BCUT2D eigenvalue weighted by Crippen LogP contribution is 2.36. The van der Waals surface area contributed by atoms with E-state index in [4.69, 9.17) is 4.98 Å². The van der Waals surface area contributed by atoms with Gasteiger partial charge in [0.15, 0.2) is 0 Å². The molecule has 132 valence electrons. The molecule has 0 fully saturated rings. The molecule has 2 heterocycles. The number of thiophene rings is 1. The number of fused-ring (bicyclic) bond motifs is 2. The molecule has 0 spiro atoms. The second-order valence-corrected chi connectivity index (χ2v) is 9.52. The summed E-state index contributed by atoms with van der Waals surface area (Å²) in [4.78, 5) is 4.76. The Bertz CT molecular complexity index is 1090. The van der Waals surface area contributed by atoms with Crippen LogP contribution in [0.3, 0.4) is 0 Å². The first kappa shape index (κ1) is 17.2. The van der Waals surface area contributed by atoms with Crippen LogP contribution in [0.1, 0.15) is 37.5 Å². The molecular formula is C24H25NS. The van der Waals surface area contributed by atoms with Crippen LogP contribution >= 0.6 is 11.3 Å². The van der Waals surface area contributed by atoms with Crippen LogP contribution in [-0.2, 0) is 6.42 Å². The van der Waals surface area contributed by atoms with Gasteiger partial charge in [0.1, 0.15) is 0 Å². The van der Waals surface area contributed by atoms with E-state index < -0.39 is 0 Å². The molecule has 2 heteroatoms. The second kappa shape index (κ2) is 6.21. The van der Waals surface area contributed by atoms with E-state index in [1.165, 1.54) is 43.1 Å². The van der Waals surface area contributed by atoms with Crippen molar-refractivity contribution in [2.75, 3.05) is 0 Å². The molecule has 0 radical (unpaired) electrons. The Kier molecular flexibility index (Phi) is 4.11. The van der Waals surface area contributed by atoms with E-state index in [1.54, 1.807) is 0 Å². The van der Waals surface area contributed by atoms with Gasteiger partial charge in [0.2, 0.25) is 0 Å². The highest BCUT2D eigenvalue weighted by atomic mass is 32.1. The van der Waals surface area contributed by atoms with Crippen LogP contribution in [0.25, 0.3) is 32.1 Å². The van der Waals surface area contributed by atoms with E-state index in [0.717, 1.165) is 12.1 Å². The average Bonchev–Trinajstić information content (AvgIpc) is 2.91. The van der Waals surface area contributed by atoms with Crippen molar-refractivity contribution < 1.29 is 0 Å². The summed E-state index contributed by atoms with van der Waals surface area (Å²) >= 11 is 1.86. The number of aromatic nitrogens is 1. The molecule has 0 amide bonds. The van der Waals surface area contributed by atoms with Crippen LogP contribution in [0.2, 0.25) is 0 Å². The van der Waals surface area contributed by atoms with Gasteiger partial charge in [0, 0.05) is 21.8 Å². The minimum absolute atomic E-state index is 0.286.